The maximum absolute atomic E-state index is 6.09. The molecule has 1 aliphatic carbocycles. The van der Waals surface area contributed by atoms with Gasteiger partial charge in [-0.2, -0.15) is 0 Å². The first-order chi connectivity index (χ1) is 10.0. The fraction of sp³-hybridized carbons (Fsp3) is 0.588. The van der Waals surface area contributed by atoms with Crippen molar-refractivity contribution in [3.05, 3.63) is 35.4 Å². The topological polar surface area (TPSA) is 44.9 Å². The van der Waals surface area contributed by atoms with Gasteiger partial charge < -0.3 is 15.5 Å². The Labute approximate surface area is 128 Å². The van der Waals surface area contributed by atoms with Gasteiger partial charge in [0.25, 0.3) is 0 Å². The van der Waals surface area contributed by atoms with Crippen LogP contribution in [-0.4, -0.2) is 49.5 Å². The number of aryl methyl sites for hydroxylation is 1. The highest BCUT2D eigenvalue weighted by Crippen LogP contribution is 2.25. The van der Waals surface area contributed by atoms with Crippen LogP contribution in [0.2, 0.25) is 0 Å². The third-order valence-corrected chi connectivity index (χ3v) is 4.28. The van der Waals surface area contributed by atoms with E-state index in [0.717, 1.165) is 6.42 Å². The molecular weight excluding hydrogens is 260 g/mol. The number of rotatable bonds is 6. The average molecular weight is 288 g/mol. The first-order valence-corrected chi connectivity index (χ1v) is 7.81. The molecule has 2 N–H and O–H groups in total. The van der Waals surface area contributed by atoms with Crippen LogP contribution in [0.25, 0.3) is 0 Å². The van der Waals surface area contributed by atoms with Crippen molar-refractivity contribution in [3.8, 4) is 0 Å². The molecule has 0 spiro atoms. The maximum atomic E-state index is 6.09. The van der Waals surface area contributed by atoms with Gasteiger partial charge in [-0.25, -0.2) is 0 Å². The van der Waals surface area contributed by atoms with E-state index in [-0.39, 0.29) is 6.04 Å². The number of guanidine groups is 1. The number of hydrogen-bond donors (Lipinski definition) is 1. The Hall–Kier alpha value is -1.55. The molecule has 4 nitrogen and oxygen atoms in total. The monoisotopic (exact) mass is 288 g/mol. The lowest BCUT2D eigenvalue weighted by Gasteiger charge is -2.24. The zero-order valence-electron chi connectivity index (χ0n) is 13.7. The van der Waals surface area contributed by atoms with Crippen molar-refractivity contribution in [1.29, 1.82) is 0 Å². The van der Waals surface area contributed by atoms with Gasteiger partial charge in [0, 0.05) is 13.1 Å². The largest absolute Gasteiger partial charge is 0.370 e. The molecule has 4 heteroatoms. The summed E-state index contributed by atoms with van der Waals surface area (Å²) in [6, 6.07) is 9.70. The molecule has 116 valence electrons. The standard InChI is InChI=1S/C17H28N4/c1-5-13-6-8-14(9-7-13)16(20(2)3)12-19-17(18)21(4)15-10-11-15/h6-9,15-16H,5,10-12H2,1-4H3,(H2,18,19). The zero-order valence-corrected chi connectivity index (χ0v) is 13.7. The Morgan fingerprint density at radius 1 is 1.24 bits per heavy atom. The molecule has 0 aliphatic heterocycles. The van der Waals surface area contributed by atoms with Crippen LogP contribution in [0.1, 0.15) is 36.9 Å². The van der Waals surface area contributed by atoms with Crippen LogP contribution in [0.5, 0.6) is 0 Å². The van der Waals surface area contributed by atoms with Gasteiger partial charge in [0.15, 0.2) is 5.96 Å². The summed E-state index contributed by atoms with van der Waals surface area (Å²) in [7, 11) is 6.22. The number of nitrogens with two attached hydrogens (primary N) is 1. The van der Waals surface area contributed by atoms with Crippen LogP contribution in [0, 0.1) is 0 Å². The first kappa shape index (κ1) is 15.8. The second-order valence-corrected chi connectivity index (χ2v) is 6.12. The molecule has 1 aliphatic rings. The molecule has 1 fully saturated rings. The van der Waals surface area contributed by atoms with Gasteiger partial charge in [-0.15, -0.1) is 0 Å². The van der Waals surface area contributed by atoms with Crippen LogP contribution in [-0.2, 0) is 6.42 Å². The minimum atomic E-state index is 0.266. The summed E-state index contributed by atoms with van der Waals surface area (Å²) in [5, 5.41) is 0. The predicted molar refractivity (Wildman–Crippen MR) is 89.5 cm³/mol. The van der Waals surface area contributed by atoms with E-state index in [1.807, 2.05) is 7.05 Å². The summed E-state index contributed by atoms with van der Waals surface area (Å²) in [4.78, 5) is 8.91. The van der Waals surface area contributed by atoms with Gasteiger partial charge in [-0.1, -0.05) is 31.2 Å². The zero-order chi connectivity index (χ0) is 15.4. The lowest BCUT2D eigenvalue weighted by Crippen LogP contribution is -2.36. The van der Waals surface area contributed by atoms with E-state index in [1.54, 1.807) is 0 Å². The first-order valence-electron chi connectivity index (χ1n) is 7.81. The van der Waals surface area contributed by atoms with Crippen molar-refractivity contribution in [2.75, 3.05) is 27.7 Å². The second-order valence-electron chi connectivity index (χ2n) is 6.12. The summed E-state index contributed by atoms with van der Waals surface area (Å²) in [6.45, 7) is 2.87. The van der Waals surface area contributed by atoms with Crippen molar-refractivity contribution >= 4 is 5.96 Å². The molecule has 2 rings (SSSR count). The Morgan fingerprint density at radius 2 is 1.86 bits per heavy atom. The molecule has 0 aromatic heterocycles. The summed E-state index contributed by atoms with van der Waals surface area (Å²) < 4.78 is 0. The number of nitrogens with zero attached hydrogens (tertiary/aromatic N) is 3. The van der Waals surface area contributed by atoms with Crippen LogP contribution in [0.3, 0.4) is 0 Å². The lowest BCUT2D eigenvalue weighted by molar-refractivity contribution is 0.305. The van der Waals surface area contributed by atoms with Crippen molar-refractivity contribution < 1.29 is 0 Å². The molecule has 21 heavy (non-hydrogen) atoms. The Balaban J connectivity index is 2.05. The molecule has 1 unspecified atom stereocenters. The third-order valence-electron chi connectivity index (χ3n) is 4.28. The number of aliphatic imine (C=N–C) groups is 1. The molecule has 1 atom stereocenters. The number of hydrogen-bond acceptors (Lipinski definition) is 2. The predicted octanol–water partition coefficient (Wildman–Crippen LogP) is 2.26. The second kappa shape index (κ2) is 6.94. The SMILES string of the molecule is CCc1ccc(C(CN=C(N)N(C)C2CC2)N(C)C)cc1. The van der Waals surface area contributed by atoms with E-state index in [4.69, 9.17) is 5.73 Å². The summed E-state index contributed by atoms with van der Waals surface area (Å²) in [6.07, 6.45) is 3.55. The fourth-order valence-corrected chi connectivity index (χ4v) is 2.48. The van der Waals surface area contributed by atoms with E-state index >= 15 is 0 Å². The van der Waals surface area contributed by atoms with Gasteiger partial charge in [0.1, 0.15) is 0 Å². The Bertz CT molecular complexity index is 474. The smallest absolute Gasteiger partial charge is 0.191 e. The maximum Gasteiger partial charge on any atom is 0.191 e. The van der Waals surface area contributed by atoms with Crippen LogP contribution in [0.4, 0.5) is 0 Å². The minimum Gasteiger partial charge on any atom is -0.370 e. The molecule has 0 heterocycles. The molecule has 0 amide bonds. The average Bonchev–Trinajstić information content (AvgIpc) is 3.31. The quantitative estimate of drug-likeness (QED) is 0.645. The van der Waals surface area contributed by atoms with Gasteiger partial charge in [0.2, 0.25) is 0 Å². The van der Waals surface area contributed by atoms with Gasteiger partial charge >= 0.3 is 0 Å². The van der Waals surface area contributed by atoms with E-state index in [0.29, 0.717) is 18.5 Å². The van der Waals surface area contributed by atoms with E-state index in [9.17, 15) is 0 Å². The normalized spacial score (nSPS) is 17.1. The molecule has 0 saturated heterocycles. The number of likely N-dealkylation sites (N-methyl/N-ethyl adjacent to an activating group) is 1. The highest BCUT2D eigenvalue weighted by Gasteiger charge is 2.27. The number of benzene rings is 1. The van der Waals surface area contributed by atoms with Crippen molar-refractivity contribution in [3.63, 3.8) is 0 Å². The van der Waals surface area contributed by atoms with Gasteiger partial charge in [-0.05, 0) is 44.5 Å². The molecule has 1 aromatic carbocycles. The molecular formula is C17H28N4. The molecule has 1 aromatic rings. The highest BCUT2D eigenvalue weighted by molar-refractivity contribution is 5.78. The van der Waals surface area contributed by atoms with Crippen molar-refractivity contribution in [2.24, 2.45) is 10.7 Å². The van der Waals surface area contributed by atoms with Crippen LogP contribution >= 0.6 is 0 Å². The van der Waals surface area contributed by atoms with Crippen molar-refractivity contribution in [1.82, 2.24) is 9.80 Å². The fourth-order valence-electron chi connectivity index (χ4n) is 2.48. The van der Waals surface area contributed by atoms with Gasteiger partial charge in [0.05, 0.1) is 12.6 Å². The van der Waals surface area contributed by atoms with E-state index in [2.05, 4.69) is 60.1 Å². The van der Waals surface area contributed by atoms with E-state index < -0.39 is 0 Å². The Kier molecular flexibility index (Phi) is 5.23. The van der Waals surface area contributed by atoms with E-state index in [1.165, 1.54) is 24.0 Å². The molecule has 0 bridgehead atoms. The summed E-state index contributed by atoms with van der Waals surface area (Å²) in [5.41, 5.74) is 8.75. The van der Waals surface area contributed by atoms with Crippen molar-refractivity contribution in [2.45, 2.75) is 38.3 Å². The summed E-state index contributed by atoms with van der Waals surface area (Å²) >= 11 is 0. The summed E-state index contributed by atoms with van der Waals surface area (Å²) in [5.74, 6) is 0.662. The highest BCUT2D eigenvalue weighted by atomic mass is 15.3. The molecule has 1 saturated carbocycles. The Morgan fingerprint density at radius 3 is 2.33 bits per heavy atom. The van der Waals surface area contributed by atoms with Crippen LogP contribution in [0.15, 0.2) is 29.3 Å². The van der Waals surface area contributed by atoms with Gasteiger partial charge in [-0.3, -0.25) is 4.99 Å². The minimum absolute atomic E-state index is 0.266. The third kappa shape index (κ3) is 4.21. The lowest BCUT2D eigenvalue weighted by atomic mass is 10.0. The van der Waals surface area contributed by atoms with Crippen LogP contribution < -0.4 is 5.73 Å². The molecule has 0 radical (unpaired) electrons.